The van der Waals surface area contributed by atoms with E-state index in [1.165, 1.54) is 37.3 Å². The zero-order valence-electron chi connectivity index (χ0n) is 22.8. The molecule has 1 amide bonds. The molecule has 0 spiro atoms. The standard InChI is InChI=1S/C31H41N5O3/c37-29-15-13-27-25(12-14-28(35-39)31(27)34-29)17-20-33-22-23-36(26-10-6-1-2-7-11-26)30(38)18-21-32-19-16-24-8-4-3-5-9-24/h3-5,8-9,12-15,26,32-33H,1-2,6-7,10-11,16-23H2,(H,34,37). The van der Waals surface area contributed by atoms with Gasteiger partial charge in [-0.1, -0.05) is 62.1 Å². The minimum atomic E-state index is -0.252. The second kappa shape index (κ2) is 15.3. The van der Waals surface area contributed by atoms with Gasteiger partial charge in [-0.15, -0.1) is 4.91 Å². The molecule has 4 rings (SSSR count). The molecule has 0 atom stereocenters. The molecule has 1 aromatic heterocycles. The summed E-state index contributed by atoms with van der Waals surface area (Å²) in [4.78, 5) is 41.1. The van der Waals surface area contributed by atoms with Crippen LogP contribution in [0.15, 0.2) is 64.6 Å². The average molecular weight is 532 g/mol. The number of nitrogens with one attached hydrogen (secondary N) is 3. The minimum absolute atomic E-state index is 0.239. The van der Waals surface area contributed by atoms with Crippen LogP contribution in [0.4, 0.5) is 5.69 Å². The Kier molecular flexibility index (Phi) is 11.2. The van der Waals surface area contributed by atoms with Crippen LogP contribution in [0.2, 0.25) is 0 Å². The van der Waals surface area contributed by atoms with E-state index in [2.05, 4.69) is 50.0 Å². The summed E-state index contributed by atoms with van der Waals surface area (Å²) in [7, 11) is 0. The molecule has 1 aliphatic rings. The molecule has 1 saturated carbocycles. The number of amides is 1. The van der Waals surface area contributed by atoms with Crippen LogP contribution in [0.3, 0.4) is 0 Å². The third-order valence-corrected chi connectivity index (χ3v) is 7.70. The molecule has 208 valence electrons. The number of rotatable bonds is 14. The Labute approximate surface area is 230 Å². The highest BCUT2D eigenvalue weighted by Crippen LogP contribution is 2.26. The highest BCUT2D eigenvalue weighted by molar-refractivity contribution is 5.91. The lowest BCUT2D eigenvalue weighted by molar-refractivity contribution is -0.133. The average Bonchev–Trinajstić information content (AvgIpc) is 3.24. The Bertz CT molecular complexity index is 1250. The molecule has 39 heavy (non-hydrogen) atoms. The van der Waals surface area contributed by atoms with Gasteiger partial charge in [-0.05, 0) is 67.2 Å². The number of carbonyl (C=O) groups is 1. The number of hydrogen-bond donors (Lipinski definition) is 3. The van der Waals surface area contributed by atoms with Crippen molar-refractivity contribution in [1.29, 1.82) is 0 Å². The van der Waals surface area contributed by atoms with Crippen LogP contribution in [0, 0.1) is 4.91 Å². The van der Waals surface area contributed by atoms with E-state index in [4.69, 9.17) is 0 Å². The number of H-pyrrole nitrogens is 1. The third-order valence-electron chi connectivity index (χ3n) is 7.70. The van der Waals surface area contributed by atoms with Crippen molar-refractivity contribution in [1.82, 2.24) is 20.5 Å². The molecule has 0 saturated heterocycles. The van der Waals surface area contributed by atoms with Crippen molar-refractivity contribution in [3.05, 3.63) is 81.0 Å². The van der Waals surface area contributed by atoms with Gasteiger partial charge in [0.2, 0.25) is 11.5 Å². The number of aromatic amines is 1. The molecule has 2 aromatic carbocycles. The monoisotopic (exact) mass is 531 g/mol. The minimum Gasteiger partial charge on any atom is -0.338 e. The van der Waals surface area contributed by atoms with E-state index >= 15 is 0 Å². The van der Waals surface area contributed by atoms with E-state index in [9.17, 15) is 14.5 Å². The summed E-state index contributed by atoms with van der Waals surface area (Å²) < 4.78 is 0. The van der Waals surface area contributed by atoms with Gasteiger partial charge in [0.15, 0.2) is 0 Å². The van der Waals surface area contributed by atoms with Crippen LogP contribution in [0.25, 0.3) is 10.9 Å². The molecule has 8 heteroatoms. The summed E-state index contributed by atoms with van der Waals surface area (Å²) in [5, 5.41) is 10.8. The number of fused-ring (bicyclic) bond motifs is 1. The van der Waals surface area contributed by atoms with E-state index < -0.39 is 0 Å². The van der Waals surface area contributed by atoms with Crippen LogP contribution in [0.5, 0.6) is 0 Å². The summed E-state index contributed by atoms with van der Waals surface area (Å²) >= 11 is 0. The first kappa shape index (κ1) is 28.6. The fourth-order valence-corrected chi connectivity index (χ4v) is 5.56. The van der Waals surface area contributed by atoms with Gasteiger partial charge in [-0.2, -0.15) is 0 Å². The first-order chi connectivity index (χ1) is 19.2. The van der Waals surface area contributed by atoms with Crippen molar-refractivity contribution in [3.8, 4) is 0 Å². The van der Waals surface area contributed by atoms with Crippen molar-refractivity contribution in [2.24, 2.45) is 5.18 Å². The second-order valence-electron chi connectivity index (χ2n) is 10.4. The maximum absolute atomic E-state index is 13.3. The van der Waals surface area contributed by atoms with Crippen molar-refractivity contribution < 1.29 is 4.79 Å². The van der Waals surface area contributed by atoms with Crippen LogP contribution >= 0.6 is 0 Å². The first-order valence-electron chi connectivity index (χ1n) is 14.4. The quantitative estimate of drug-likeness (QED) is 0.157. The van der Waals surface area contributed by atoms with Gasteiger partial charge >= 0.3 is 0 Å². The summed E-state index contributed by atoms with van der Waals surface area (Å²) in [5.41, 5.74) is 2.82. The van der Waals surface area contributed by atoms with E-state index in [1.807, 2.05) is 12.1 Å². The number of benzene rings is 2. The molecular formula is C31H41N5O3. The Morgan fingerprint density at radius 3 is 2.38 bits per heavy atom. The van der Waals surface area contributed by atoms with Gasteiger partial charge in [0.25, 0.3) is 0 Å². The zero-order valence-corrected chi connectivity index (χ0v) is 22.8. The molecule has 0 radical (unpaired) electrons. The van der Waals surface area contributed by atoms with Crippen molar-refractivity contribution in [3.63, 3.8) is 0 Å². The van der Waals surface area contributed by atoms with Crippen molar-refractivity contribution in [2.45, 2.75) is 63.8 Å². The number of hydrogen-bond acceptors (Lipinski definition) is 6. The van der Waals surface area contributed by atoms with Gasteiger partial charge < -0.3 is 20.5 Å². The van der Waals surface area contributed by atoms with Crippen molar-refractivity contribution in [2.75, 3.05) is 32.7 Å². The van der Waals surface area contributed by atoms with Gasteiger partial charge in [-0.25, -0.2) is 0 Å². The lowest BCUT2D eigenvalue weighted by atomic mass is 10.0. The number of nitroso groups, excluding NO2 is 1. The number of aromatic nitrogens is 1. The van der Waals surface area contributed by atoms with E-state index in [0.29, 0.717) is 31.1 Å². The topological polar surface area (TPSA) is 107 Å². The Morgan fingerprint density at radius 1 is 0.872 bits per heavy atom. The van der Waals surface area contributed by atoms with Gasteiger partial charge in [-0.3, -0.25) is 9.59 Å². The van der Waals surface area contributed by atoms with E-state index in [1.54, 1.807) is 12.1 Å². The first-order valence-corrected chi connectivity index (χ1v) is 14.4. The Morgan fingerprint density at radius 2 is 1.62 bits per heavy atom. The molecule has 1 heterocycles. The maximum atomic E-state index is 13.3. The number of nitrogens with zero attached hydrogens (tertiary/aromatic N) is 2. The molecule has 0 bridgehead atoms. The molecule has 0 unspecified atom stereocenters. The van der Waals surface area contributed by atoms with Crippen LogP contribution in [-0.4, -0.2) is 54.6 Å². The lowest BCUT2D eigenvalue weighted by Gasteiger charge is -2.32. The predicted octanol–water partition coefficient (Wildman–Crippen LogP) is 4.83. The Hall–Kier alpha value is -3.36. The normalized spacial score (nSPS) is 14.3. The van der Waals surface area contributed by atoms with Crippen molar-refractivity contribution >= 4 is 22.5 Å². The van der Waals surface area contributed by atoms with E-state index in [0.717, 1.165) is 56.3 Å². The second-order valence-corrected chi connectivity index (χ2v) is 10.4. The Balaban J connectivity index is 1.26. The van der Waals surface area contributed by atoms with Crippen LogP contribution in [0.1, 0.15) is 56.1 Å². The molecule has 0 aliphatic heterocycles. The van der Waals surface area contributed by atoms with Gasteiger partial charge in [0, 0.05) is 43.5 Å². The third kappa shape index (κ3) is 8.57. The molecule has 8 nitrogen and oxygen atoms in total. The lowest BCUT2D eigenvalue weighted by Crippen LogP contribution is -2.45. The summed E-state index contributed by atoms with van der Waals surface area (Å²) in [5.74, 6) is 0.239. The predicted molar refractivity (Wildman–Crippen MR) is 157 cm³/mol. The molecule has 3 aromatic rings. The molecule has 3 N–H and O–H groups in total. The van der Waals surface area contributed by atoms with Gasteiger partial charge in [0.1, 0.15) is 5.69 Å². The van der Waals surface area contributed by atoms with Crippen LogP contribution in [-0.2, 0) is 17.6 Å². The maximum Gasteiger partial charge on any atom is 0.248 e. The largest absolute Gasteiger partial charge is 0.338 e. The zero-order chi connectivity index (χ0) is 27.3. The highest BCUT2D eigenvalue weighted by Gasteiger charge is 2.24. The number of carbonyl (C=O) groups excluding carboxylic acids is 1. The summed E-state index contributed by atoms with van der Waals surface area (Å²) in [6.45, 7) is 3.73. The molecule has 1 fully saturated rings. The summed E-state index contributed by atoms with van der Waals surface area (Å²) in [6, 6.07) is 17.5. The molecular weight excluding hydrogens is 490 g/mol. The number of pyridine rings is 1. The fraction of sp³-hybridized carbons (Fsp3) is 0.484. The van der Waals surface area contributed by atoms with E-state index in [-0.39, 0.29) is 17.2 Å². The summed E-state index contributed by atoms with van der Waals surface area (Å²) in [6.07, 6.45) is 9.31. The van der Waals surface area contributed by atoms with Crippen LogP contribution < -0.4 is 16.2 Å². The SMILES string of the molecule is O=Nc1ccc(CCNCCN(C(=O)CCNCCc2ccccc2)C2CCCCCC2)c2ccc(=O)[nH]c12. The van der Waals surface area contributed by atoms with Gasteiger partial charge in [0.05, 0.1) is 5.52 Å². The molecule has 1 aliphatic carbocycles. The smallest absolute Gasteiger partial charge is 0.248 e. The highest BCUT2D eigenvalue weighted by atomic mass is 16.3. The fourth-order valence-electron chi connectivity index (χ4n) is 5.56.